The van der Waals surface area contributed by atoms with Crippen LogP contribution in [0.4, 0.5) is 0 Å². The molecule has 1 aliphatic rings. The number of hydrogen-bond acceptors (Lipinski definition) is 10. The van der Waals surface area contributed by atoms with Gasteiger partial charge < -0.3 is 44.2 Å². The number of benzene rings is 2. The van der Waals surface area contributed by atoms with E-state index in [4.69, 9.17) is 18.6 Å². The smallest absolute Gasteiger partial charge is 0.229 e. The molecule has 0 spiro atoms. The van der Waals surface area contributed by atoms with Crippen molar-refractivity contribution in [1.29, 1.82) is 0 Å². The van der Waals surface area contributed by atoms with E-state index in [1.807, 2.05) is 0 Å². The van der Waals surface area contributed by atoms with Crippen LogP contribution in [0.1, 0.15) is 0 Å². The molecule has 1 saturated heterocycles. The van der Waals surface area contributed by atoms with Crippen molar-refractivity contribution in [3.05, 3.63) is 52.9 Å². The highest BCUT2D eigenvalue weighted by atomic mass is 16.7. The van der Waals surface area contributed by atoms with Gasteiger partial charge in [-0.15, -0.1) is 0 Å². The van der Waals surface area contributed by atoms with Gasteiger partial charge in [-0.25, -0.2) is 0 Å². The van der Waals surface area contributed by atoms with Crippen LogP contribution < -0.4 is 14.9 Å². The van der Waals surface area contributed by atoms with Crippen molar-refractivity contribution in [2.75, 3.05) is 13.7 Å². The topological polar surface area (TPSA) is 159 Å². The number of aliphatic hydroxyl groups excluding tert-OH is 4. The van der Waals surface area contributed by atoms with Crippen molar-refractivity contribution in [3.8, 4) is 28.4 Å². The van der Waals surface area contributed by atoms with Crippen LogP contribution in [0, 0.1) is 0 Å². The lowest BCUT2D eigenvalue weighted by Gasteiger charge is -2.39. The first-order chi connectivity index (χ1) is 15.3. The number of phenolic OH excluding ortho intramolecular Hbond substituents is 1. The Morgan fingerprint density at radius 3 is 2.41 bits per heavy atom. The first-order valence-corrected chi connectivity index (χ1v) is 9.74. The molecule has 10 nitrogen and oxygen atoms in total. The molecule has 2 aromatic carbocycles. The largest absolute Gasteiger partial charge is 0.508 e. The maximum Gasteiger partial charge on any atom is 0.229 e. The number of methoxy groups -OCH3 is 1. The van der Waals surface area contributed by atoms with Crippen LogP contribution in [0.3, 0.4) is 0 Å². The Morgan fingerprint density at radius 2 is 1.75 bits per heavy atom. The number of ether oxygens (including phenoxy) is 3. The summed E-state index contributed by atoms with van der Waals surface area (Å²) in [5.41, 5.74) is 0.574. The Balaban J connectivity index is 1.71. The predicted molar refractivity (Wildman–Crippen MR) is 111 cm³/mol. The van der Waals surface area contributed by atoms with E-state index in [9.17, 15) is 30.3 Å². The second-order valence-corrected chi connectivity index (χ2v) is 7.34. The van der Waals surface area contributed by atoms with Gasteiger partial charge in [-0.1, -0.05) is 12.1 Å². The van der Waals surface area contributed by atoms with E-state index in [1.165, 1.54) is 37.6 Å². The highest BCUT2D eigenvalue weighted by molar-refractivity contribution is 5.88. The lowest BCUT2D eigenvalue weighted by Crippen LogP contribution is -2.60. The van der Waals surface area contributed by atoms with Gasteiger partial charge in [-0.3, -0.25) is 4.79 Å². The summed E-state index contributed by atoms with van der Waals surface area (Å²) in [5.74, 6) is 0.294. The van der Waals surface area contributed by atoms with E-state index >= 15 is 0 Å². The quantitative estimate of drug-likeness (QED) is 0.370. The maximum absolute atomic E-state index is 13.1. The molecule has 5 unspecified atom stereocenters. The van der Waals surface area contributed by atoms with Gasteiger partial charge >= 0.3 is 0 Å². The molecule has 1 aromatic heterocycles. The number of aliphatic hydroxyl groups is 4. The third kappa shape index (κ3) is 3.90. The summed E-state index contributed by atoms with van der Waals surface area (Å²) >= 11 is 0. The molecule has 170 valence electrons. The molecule has 2 heterocycles. The van der Waals surface area contributed by atoms with Crippen molar-refractivity contribution in [3.63, 3.8) is 0 Å². The van der Waals surface area contributed by atoms with E-state index in [2.05, 4.69) is 0 Å². The van der Waals surface area contributed by atoms with Gasteiger partial charge in [0.05, 0.1) is 19.3 Å². The zero-order valence-corrected chi connectivity index (χ0v) is 16.9. The van der Waals surface area contributed by atoms with E-state index in [0.29, 0.717) is 5.56 Å². The summed E-state index contributed by atoms with van der Waals surface area (Å²) in [6, 6.07) is 8.84. The van der Waals surface area contributed by atoms with Crippen LogP contribution >= 0.6 is 0 Å². The third-order valence-electron chi connectivity index (χ3n) is 5.31. The molecule has 4 rings (SSSR count). The predicted octanol–water partition coefficient (Wildman–Crippen LogP) is 0.353. The van der Waals surface area contributed by atoms with Gasteiger partial charge in [0.15, 0.2) is 0 Å². The molecular weight excluding hydrogens is 424 g/mol. The summed E-state index contributed by atoms with van der Waals surface area (Å²) in [7, 11) is 1.36. The van der Waals surface area contributed by atoms with Crippen molar-refractivity contribution >= 4 is 11.0 Å². The summed E-state index contributed by atoms with van der Waals surface area (Å²) in [5, 5.41) is 49.0. The summed E-state index contributed by atoms with van der Waals surface area (Å²) < 4.78 is 21.9. The Labute approximate surface area is 181 Å². The first kappa shape index (κ1) is 22.1. The fourth-order valence-electron chi connectivity index (χ4n) is 3.56. The van der Waals surface area contributed by atoms with Gasteiger partial charge in [0.1, 0.15) is 58.9 Å². The molecule has 0 saturated carbocycles. The normalized spacial score (nSPS) is 25.6. The van der Waals surface area contributed by atoms with Gasteiger partial charge in [-0.2, -0.15) is 0 Å². The maximum atomic E-state index is 13.1. The number of rotatable bonds is 5. The second-order valence-electron chi connectivity index (χ2n) is 7.34. The average molecular weight is 446 g/mol. The molecule has 0 bridgehead atoms. The number of fused-ring (bicyclic) bond motifs is 1. The van der Waals surface area contributed by atoms with Crippen molar-refractivity contribution < 1.29 is 44.2 Å². The molecule has 1 aliphatic heterocycles. The van der Waals surface area contributed by atoms with Gasteiger partial charge in [0.2, 0.25) is 11.7 Å². The highest BCUT2D eigenvalue weighted by Crippen LogP contribution is 2.33. The monoisotopic (exact) mass is 446 g/mol. The molecule has 32 heavy (non-hydrogen) atoms. The summed E-state index contributed by atoms with van der Waals surface area (Å²) in [6.45, 7) is -0.596. The molecule has 0 amide bonds. The molecular formula is C22H22O10. The Morgan fingerprint density at radius 1 is 1.03 bits per heavy atom. The standard InChI is InChI=1S/C22H22O10/c1-29-14-6-12(31-22-21(28)20(27)19(26)16(8-23)32-22)7-15-17(14)18(25)13(9-30-15)10-2-4-11(24)5-3-10/h2-7,9,16,19-24,26-28H,8H2,1H3. The number of hydrogen-bond donors (Lipinski definition) is 5. The molecule has 5 atom stereocenters. The molecule has 10 heteroatoms. The van der Waals surface area contributed by atoms with Crippen LogP contribution in [-0.2, 0) is 4.74 Å². The lowest BCUT2D eigenvalue weighted by molar-refractivity contribution is -0.277. The van der Waals surface area contributed by atoms with Crippen LogP contribution in [0.5, 0.6) is 17.2 Å². The number of aromatic hydroxyl groups is 1. The molecule has 1 fully saturated rings. The molecule has 5 N–H and O–H groups in total. The van der Waals surface area contributed by atoms with Crippen molar-refractivity contribution in [2.24, 2.45) is 0 Å². The fourth-order valence-corrected chi connectivity index (χ4v) is 3.56. The third-order valence-corrected chi connectivity index (χ3v) is 5.31. The van der Waals surface area contributed by atoms with E-state index in [0.717, 1.165) is 0 Å². The minimum Gasteiger partial charge on any atom is -0.508 e. The second kappa shape index (κ2) is 8.77. The Hall–Kier alpha value is -3.15. The van der Waals surface area contributed by atoms with E-state index < -0.39 is 37.3 Å². The minimum absolute atomic E-state index is 0.0616. The number of phenols is 1. The molecule has 0 aliphatic carbocycles. The van der Waals surface area contributed by atoms with Crippen molar-refractivity contribution in [1.82, 2.24) is 0 Å². The van der Waals surface area contributed by atoms with Crippen LogP contribution in [0.15, 0.2) is 51.9 Å². The Bertz CT molecular complexity index is 1150. The molecule has 3 aromatic rings. The van der Waals surface area contributed by atoms with Crippen LogP contribution in [0.25, 0.3) is 22.1 Å². The first-order valence-electron chi connectivity index (χ1n) is 9.74. The molecule has 0 radical (unpaired) electrons. The minimum atomic E-state index is -1.60. The lowest BCUT2D eigenvalue weighted by atomic mass is 9.99. The van der Waals surface area contributed by atoms with E-state index in [-0.39, 0.29) is 39.2 Å². The fraction of sp³-hybridized carbons (Fsp3) is 0.318. The zero-order chi connectivity index (χ0) is 23.0. The SMILES string of the molecule is COc1cc(OC2OC(CO)C(O)C(O)C2O)cc2occ(-c3ccc(O)cc3)c(=O)c12. The average Bonchev–Trinajstić information content (AvgIpc) is 2.80. The van der Waals surface area contributed by atoms with Crippen LogP contribution in [-0.4, -0.2) is 70.0 Å². The van der Waals surface area contributed by atoms with Gasteiger partial charge in [0.25, 0.3) is 0 Å². The Kier molecular flexibility index (Phi) is 6.04. The van der Waals surface area contributed by atoms with Crippen LogP contribution in [0.2, 0.25) is 0 Å². The van der Waals surface area contributed by atoms with Crippen molar-refractivity contribution in [2.45, 2.75) is 30.7 Å². The summed E-state index contributed by atoms with van der Waals surface area (Å²) in [4.78, 5) is 13.1. The highest BCUT2D eigenvalue weighted by Gasteiger charge is 2.44. The van der Waals surface area contributed by atoms with E-state index in [1.54, 1.807) is 12.1 Å². The van der Waals surface area contributed by atoms with Gasteiger partial charge in [0, 0.05) is 12.1 Å². The zero-order valence-electron chi connectivity index (χ0n) is 16.9. The van der Waals surface area contributed by atoms with Gasteiger partial charge in [-0.05, 0) is 17.7 Å². The summed E-state index contributed by atoms with van der Waals surface area (Å²) in [6.07, 6.45) is -5.98.